The summed E-state index contributed by atoms with van der Waals surface area (Å²) in [6.07, 6.45) is 4.92. The van der Waals surface area contributed by atoms with Crippen molar-refractivity contribution < 1.29 is 14.6 Å². The molecule has 0 aliphatic heterocycles. The van der Waals surface area contributed by atoms with E-state index in [1.807, 2.05) is 6.92 Å². The quantitative estimate of drug-likeness (QED) is 0.680. The van der Waals surface area contributed by atoms with Crippen molar-refractivity contribution in [3.05, 3.63) is 24.3 Å². The number of phenols is 1. The predicted molar refractivity (Wildman–Crippen MR) is 73.2 cm³/mol. The van der Waals surface area contributed by atoms with E-state index in [-0.39, 0.29) is 11.9 Å². The number of ether oxygens (including phenoxy) is 2. The van der Waals surface area contributed by atoms with Crippen LogP contribution in [0.5, 0.6) is 11.5 Å². The van der Waals surface area contributed by atoms with Crippen molar-refractivity contribution in [2.45, 2.75) is 45.6 Å². The lowest BCUT2D eigenvalue weighted by Gasteiger charge is -2.15. The van der Waals surface area contributed by atoms with E-state index in [4.69, 9.17) is 14.6 Å². The zero-order valence-corrected chi connectivity index (χ0v) is 11.4. The molecule has 0 bridgehead atoms. The molecule has 1 aromatic rings. The van der Waals surface area contributed by atoms with Crippen LogP contribution in [0.2, 0.25) is 0 Å². The smallest absolute Gasteiger partial charge is 0.120 e. The highest BCUT2D eigenvalue weighted by Gasteiger charge is 2.04. The van der Waals surface area contributed by atoms with Crippen LogP contribution in [-0.2, 0) is 4.74 Å². The molecule has 18 heavy (non-hydrogen) atoms. The topological polar surface area (TPSA) is 38.7 Å². The fourth-order valence-corrected chi connectivity index (χ4v) is 1.67. The first-order valence-corrected chi connectivity index (χ1v) is 6.75. The molecule has 1 N–H and O–H groups in total. The lowest BCUT2D eigenvalue weighted by molar-refractivity contribution is 0.0566. The number of hydrogen-bond acceptors (Lipinski definition) is 3. The van der Waals surface area contributed by atoms with Crippen molar-refractivity contribution in [3.8, 4) is 11.5 Å². The van der Waals surface area contributed by atoms with Crippen LogP contribution < -0.4 is 4.74 Å². The zero-order chi connectivity index (χ0) is 13.2. The maximum atomic E-state index is 9.15. The monoisotopic (exact) mass is 252 g/mol. The van der Waals surface area contributed by atoms with Gasteiger partial charge in [0.25, 0.3) is 0 Å². The van der Waals surface area contributed by atoms with Gasteiger partial charge in [0, 0.05) is 6.61 Å². The van der Waals surface area contributed by atoms with E-state index in [0.717, 1.165) is 18.8 Å². The Hall–Kier alpha value is -1.22. The van der Waals surface area contributed by atoms with E-state index in [2.05, 4.69) is 6.92 Å². The summed E-state index contributed by atoms with van der Waals surface area (Å²) >= 11 is 0. The molecule has 0 radical (unpaired) electrons. The Bertz CT molecular complexity index is 308. The third-order valence-electron chi connectivity index (χ3n) is 2.67. The molecule has 0 aliphatic carbocycles. The summed E-state index contributed by atoms with van der Waals surface area (Å²) in [5.74, 6) is 1.01. The summed E-state index contributed by atoms with van der Waals surface area (Å²) in [5.41, 5.74) is 0. The second kappa shape index (κ2) is 8.81. The predicted octanol–water partition coefficient (Wildman–Crippen LogP) is 3.76. The molecule has 1 rings (SSSR count). The molecule has 0 spiro atoms. The van der Waals surface area contributed by atoms with Gasteiger partial charge in [-0.05, 0) is 37.6 Å². The summed E-state index contributed by atoms with van der Waals surface area (Å²) in [5, 5.41) is 9.15. The van der Waals surface area contributed by atoms with Crippen molar-refractivity contribution in [2.24, 2.45) is 0 Å². The molecule has 0 aliphatic rings. The SMILES string of the molecule is CCCCCCOCC(C)Oc1ccc(O)cc1. The lowest BCUT2D eigenvalue weighted by Crippen LogP contribution is -2.19. The van der Waals surface area contributed by atoms with Crippen LogP contribution in [0.4, 0.5) is 0 Å². The van der Waals surface area contributed by atoms with Gasteiger partial charge in [0.1, 0.15) is 17.6 Å². The summed E-state index contributed by atoms with van der Waals surface area (Å²) in [6.45, 7) is 5.60. The molecular weight excluding hydrogens is 228 g/mol. The van der Waals surface area contributed by atoms with Gasteiger partial charge < -0.3 is 14.6 Å². The molecule has 0 amide bonds. The van der Waals surface area contributed by atoms with Crippen LogP contribution in [0.1, 0.15) is 39.5 Å². The van der Waals surface area contributed by atoms with E-state index >= 15 is 0 Å². The minimum atomic E-state index is 0.0284. The Balaban J connectivity index is 2.10. The molecule has 3 heteroatoms. The Morgan fingerprint density at radius 1 is 1.11 bits per heavy atom. The summed E-state index contributed by atoms with van der Waals surface area (Å²) in [7, 11) is 0. The van der Waals surface area contributed by atoms with E-state index in [1.165, 1.54) is 19.3 Å². The Morgan fingerprint density at radius 2 is 1.83 bits per heavy atom. The molecule has 0 saturated carbocycles. The first-order valence-electron chi connectivity index (χ1n) is 6.75. The van der Waals surface area contributed by atoms with Gasteiger partial charge in [-0.15, -0.1) is 0 Å². The third kappa shape index (κ3) is 6.50. The van der Waals surface area contributed by atoms with Gasteiger partial charge >= 0.3 is 0 Å². The van der Waals surface area contributed by atoms with Crippen LogP contribution in [0.15, 0.2) is 24.3 Å². The molecular formula is C15H24O3. The van der Waals surface area contributed by atoms with Crippen LogP contribution in [-0.4, -0.2) is 24.4 Å². The van der Waals surface area contributed by atoms with Crippen LogP contribution in [0, 0.1) is 0 Å². The van der Waals surface area contributed by atoms with Gasteiger partial charge in [-0.2, -0.15) is 0 Å². The zero-order valence-electron chi connectivity index (χ0n) is 11.4. The van der Waals surface area contributed by atoms with Gasteiger partial charge in [0.15, 0.2) is 0 Å². The number of rotatable bonds is 9. The summed E-state index contributed by atoms with van der Waals surface area (Å²) in [4.78, 5) is 0. The van der Waals surface area contributed by atoms with Crippen molar-refractivity contribution in [2.75, 3.05) is 13.2 Å². The Kier molecular flexibility index (Phi) is 7.26. The van der Waals surface area contributed by atoms with Gasteiger partial charge in [-0.25, -0.2) is 0 Å². The second-order valence-corrected chi connectivity index (χ2v) is 4.56. The minimum absolute atomic E-state index is 0.0284. The third-order valence-corrected chi connectivity index (χ3v) is 2.67. The number of hydrogen-bond donors (Lipinski definition) is 1. The number of phenolic OH excluding ortho intramolecular Hbond substituents is 1. The second-order valence-electron chi connectivity index (χ2n) is 4.56. The highest BCUT2D eigenvalue weighted by atomic mass is 16.5. The number of aromatic hydroxyl groups is 1. The molecule has 1 unspecified atom stereocenters. The van der Waals surface area contributed by atoms with Gasteiger partial charge in [0.2, 0.25) is 0 Å². The maximum absolute atomic E-state index is 9.15. The maximum Gasteiger partial charge on any atom is 0.120 e. The van der Waals surface area contributed by atoms with Gasteiger partial charge in [0.05, 0.1) is 6.61 Å². The van der Waals surface area contributed by atoms with Gasteiger partial charge in [-0.1, -0.05) is 26.2 Å². The van der Waals surface area contributed by atoms with Crippen molar-refractivity contribution in [1.29, 1.82) is 0 Å². The van der Waals surface area contributed by atoms with Crippen LogP contribution >= 0.6 is 0 Å². The largest absolute Gasteiger partial charge is 0.508 e. The fourth-order valence-electron chi connectivity index (χ4n) is 1.67. The number of benzene rings is 1. The van der Waals surface area contributed by atoms with Crippen LogP contribution in [0.25, 0.3) is 0 Å². The average molecular weight is 252 g/mol. The van der Waals surface area contributed by atoms with E-state index < -0.39 is 0 Å². The normalized spacial score (nSPS) is 12.3. The Morgan fingerprint density at radius 3 is 2.50 bits per heavy atom. The van der Waals surface area contributed by atoms with E-state index in [9.17, 15) is 0 Å². The first-order chi connectivity index (χ1) is 8.72. The van der Waals surface area contributed by atoms with Crippen LogP contribution in [0.3, 0.4) is 0 Å². The van der Waals surface area contributed by atoms with Crippen molar-refractivity contribution in [1.82, 2.24) is 0 Å². The van der Waals surface area contributed by atoms with Crippen molar-refractivity contribution >= 4 is 0 Å². The number of unbranched alkanes of at least 4 members (excludes halogenated alkanes) is 3. The molecule has 0 aromatic heterocycles. The fraction of sp³-hybridized carbons (Fsp3) is 0.600. The van der Waals surface area contributed by atoms with Gasteiger partial charge in [-0.3, -0.25) is 0 Å². The van der Waals surface area contributed by atoms with E-state index in [1.54, 1.807) is 24.3 Å². The molecule has 0 fully saturated rings. The summed E-state index contributed by atoms with van der Waals surface area (Å²) < 4.78 is 11.2. The molecule has 3 nitrogen and oxygen atoms in total. The molecule has 1 aromatic carbocycles. The van der Waals surface area contributed by atoms with E-state index in [0.29, 0.717) is 6.61 Å². The lowest BCUT2D eigenvalue weighted by atomic mass is 10.2. The average Bonchev–Trinajstić information content (AvgIpc) is 2.36. The summed E-state index contributed by atoms with van der Waals surface area (Å²) in [6, 6.07) is 6.75. The van der Waals surface area contributed by atoms with Crippen molar-refractivity contribution in [3.63, 3.8) is 0 Å². The standard InChI is InChI=1S/C15H24O3/c1-3-4-5-6-11-17-12-13(2)18-15-9-7-14(16)8-10-15/h7-10,13,16H,3-6,11-12H2,1-2H3. The highest BCUT2D eigenvalue weighted by Crippen LogP contribution is 2.17. The highest BCUT2D eigenvalue weighted by molar-refractivity contribution is 5.30. The Labute approximate surface area is 110 Å². The molecule has 0 saturated heterocycles. The minimum Gasteiger partial charge on any atom is -0.508 e. The molecule has 0 heterocycles. The first kappa shape index (κ1) is 14.8. The molecule has 1 atom stereocenters. The molecule has 102 valence electrons.